The highest BCUT2D eigenvalue weighted by atomic mass is 32.2. The SMILES string of the molecule is O=[N+]([O-])c1ccc(Sc2c(-c3ccccc3)[nH]c3scc[n+]23)cc1. The molecule has 0 radical (unpaired) electrons. The number of hydrogen-bond acceptors (Lipinski definition) is 4. The Hall–Kier alpha value is -2.64. The average molecular weight is 354 g/mol. The van der Waals surface area contributed by atoms with Crippen LogP contribution in [0.5, 0.6) is 0 Å². The number of benzene rings is 2. The Balaban J connectivity index is 1.77. The Bertz CT molecular complexity index is 1010. The number of hydrogen-bond donors (Lipinski definition) is 1. The molecule has 0 aliphatic carbocycles. The zero-order valence-electron chi connectivity index (χ0n) is 12.4. The number of nitro benzene ring substituents is 1. The topological polar surface area (TPSA) is 63.0 Å². The minimum Gasteiger partial charge on any atom is -0.258 e. The standard InChI is InChI=1S/C17H11N3O2S2/c21-20(22)13-6-8-14(9-7-13)24-16-15(12-4-2-1-3-5-12)18-17-19(16)10-11-23-17/h1-11H/p+1. The monoisotopic (exact) mass is 354 g/mol. The summed E-state index contributed by atoms with van der Waals surface area (Å²) in [5.41, 5.74) is 2.26. The van der Waals surface area contributed by atoms with Crippen LogP contribution in [0.25, 0.3) is 16.2 Å². The van der Waals surface area contributed by atoms with E-state index in [9.17, 15) is 10.1 Å². The predicted octanol–water partition coefficient (Wildman–Crippen LogP) is 4.54. The van der Waals surface area contributed by atoms with Gasteiger partial charge in [-0.05, 0) is 23.9 Å². The van der Waals surface area contributed by atoms with Crippen LogP contribution in [-0.2, 0) is 0 Å². The van der Waals surface area contributed by atoms with E-state index in [2.05, 4.69) is 21.5 Å². The third-order valence-corrected chi connectivity index (χ3v) is 5.48. The first-order valence-electron chi connectivity index (χ1n) is 7.21. The fraction of sp³-hybridized carbons (Fsp3) is 0. The molecule has 0 fully saturated rings. The molecular weight excluding hydrogens is 342 g/mol. The molecule has 118 valence electrons. The van der Waals surface area contributed by atoms with E-state index in [0.717, 1.165) is 26.1 Å². The van der Waals surface area contributed by atoms with E-state index in [1.807, 2.05) is 29.8 Å². The third-order valence-electron chi connectivity index (χ3n) is 3.60. The van der Waals surface area contributed by atoms with Crippen molar-refractivity contribution in [1.82, 2.24) is 4.98 Å². The van der Waals surface area contributed by atoms with Crippen molar-refractivity contribution in [3.8, 4) is 11.3 Å². The first-order valence-corrected chi connectivity index (χ1v) is 8.90. The minimum absolute atomic E-state index is 0.102. The van der Waals surface area contributed by atoms with Crippen molar-refractivity contribution in [1.29, 1.82) is 0 Å². The van der Waals surface area contributed by atoms with E-state index in [1.54, 1.807) is 35.2 Å². The van der Waals surface area contributed by atoms with Crippen LogP contribution in [0.4, 0.5) is 5.69 Å². The molecule has 0 saturated carbocycles. The third kappa shape index (κ3) is 2.68. The molecule has 0 bridgehead atoms. The summed E-state index contributed by atoms with van der Waals surface area (Å²) in [6.45, 7) is 0. The maximum Gasteiger partial charge on any atom is 0.344 e. The Kier molecular flexibility index (Phi) is 3.79. The van der Waals surface area contributed by atoms with Crippen LogP contribution in [0.15, 0.2) is 76.1 Å². The highest BCUT2D eigenvalue weighted by Crippen LogP contribution is 2.34. The first-order chi connectivity index (χ1) is 11.7. The summed E-state index contributed by atoms with van der Waals surface area (Å²) in [6.07, 6.45) is 2.02. The van der Waals surface area contributed by atoms with Gasteiger partial charge in [0, 0.05) is 28.0 Å². The number of aromatic nitrogens is 2. The van der Waals surface area contributed by atoms with Gasteiger partial charge in [0.1, 0.15) is 6.20 Å². The lowest BCUT2D eigenvalue weighted by molar-refractivity contribution is -0.547. The normalized spacial score (nSPS) is 11.0. The first kappa shape index (κ1) is 14.9. The number of fused-ring (bicyclic) bond motifs is 1. The lowest BCUT2D eigenvalue weighted by atomic mass is 10.2. The molecule has 0 aliphatic rings. The molecule has 2 aromatic carbocycles. The Morgan fingerprint density at radius 3 is 2.54 bits per heavy atom. The van der Waals surface area contributed by atoms with Crippen LogP contribution in [-0.4, -0.2) is 9.91 Å². The zero-order chi connectivity index (χ0) is 16.5. The number of non-ortho nitro benzene ring substituents is 1. The fourth-order valence-corrected chi connectivity index (χ4v) is 4.27. The molecule has 0 aliphatic heterocycles. The van der Waals surface area contributed by atoms with E-state index in [4.69, 9.17) is 0 Å². The van der Waals surface area contributed by atoms with Crippen LogP contribution in [0.3, 0.4) is 0 Å². The van der Waals surface area contributed by atoms with Crippen molar-refractivity contribution in [3.05, 3.63) is 76.3 Å². The van der Waals surface area contributed by atoms with E-state index in [-0.39, 0.29) is 10.6 Å². The van der Waals surface area contributed by atoms with Crippen molar-refractivity contribution < 1.29 is 9.32 Å². The minimum atomic E-state index is -0.383. The number of nitrogens with zero attached hydrogens (tertiary/aromatic N) is 2. The highest BCUT2D eigenvalue weighted by molar-refractivity contribution is 7.99. The van der Waals surface area contributed by atoms with E-state index < -0.39 is 0 Å². The van der Waals surface area contributed by atoms with Gasteiger partial charge >= 0.3 is 4.96 Å². The van der Waals surface area contributed by atoms with Gasteiger partial charge < -0.3 is 0 Å². The number of aromatic amines is 1. The summed E-state index contributed by atoms with van der Waals surface area (Å²) < 4.78 is 2.11. The second-order valence-electron chi connectivity index (χ2n) is 5.10. The molecule has 24 heavy (non-hydrogen) atoms. The molecule has 0 saturated heterocycles. The Morgan fingerprint density at radius 2 is 1.83 bits per heavy atom. The van der Waals surface area contributed by atoms with Gasteiger partial charge in [0.25, 0.3) is 5.69 Å². The molecule has 2 heterocycles. The average Bonchev–Trinajstić information content (AvgIpc) is 3.19. The van der Waals surface area contributed by atoms with Crippen molar-refractivity contribution in [2.45, 2.75) is 9.92 Å². The van der Waals surface area contributed by atoms with Crippen molar-refractivity contribution in [3.63, 3.8) is 0 Å². The van der Waals surface area contributed by atoms with Crippen LogP contribution < -0.4 is 4.40 Å². The van der Waals surface area contributed by atoms with Gasteiger partial charge in [-0.3, -0.25) is 10.1 Å². The Morgan fingerprint density at radius 1 is 1.08 bits per heavy atom. The number of thiazole rings is 1. The zero-order valence-corrected chi connectivity index (χ0v) is 14.0. The molecule has 2 aromatic heterocycles. The summed E-state index contributed by atoms with van der Waals surface area (Å²) >= 11 is 3.22. The number of rotatable bonds is 4. The van der Waals surface area contributed by atoms with Crippen LogP contribution in [0, 0.1) is 10.1 Å². The van der Waals surface area contributed by atoms with Gasteiger partial charge in [-0.1, -0.05) is 41.7 Å². The summed E-state index contributed by atoms with van der Waals surface area (Å²) in [5.74, 6) is 0. The smallest absolute Gasteiger partial charge is 0.258 e. The van der Waals surface area contributed by atoms with Crippen LogP contribution >= 0.6 is 23.1 Å². The van der Waals surface area contributed by atoms with E-state index in [1.165, 1.54) is 12.1 Å². The maximum absolute atomic E-state index is 10.8. The quantitative estimate of drug-likeness (QED) is 0.332. The summed E-state index contributed by atoms with van der Waals surface area (Å²) in [5, 5.41) is 13.9. The van der Waals surface area contributed by atoms with Gasteiger partial charge in [0.15, 0.2) is 5.69 Å². The van der Waals surface area contributed by atoms with Crippen LogP contribution in [0.1, 0.15) is 0 Å². The number of nitro groups is 1. The van der Waals surface area contributed by atoms with Gasteiger partial charge in [0.05, 0.1) is 4.92 Å². The van der Waals surface area contributed by atoms with Gasteiger partial charge in [0.2, 0.25) is 5.03 Å². The molecule has 5 nitrogen and oxygen atoms in total. The summed E-state index contributed by atoms with van der Waals surface area (Å²) in [7, 11) is 0. The highest BCUT2D eigenvalue weighted by Gasteiger charge is 2.23. The van der Waals surface area contributed by atoms with Crippen molar-refractivity contribution >= 4 is 33.7 Å². The number of imidazole rings is 1. The second-order valence-corrected chi connectivity index (χ2v) is 7.06. The van der Waals surface area contributed by atoms with Gasteiger partial charge in [-0.2, -0.15) is 4.40 Å². The van der Waals surface area contributed by atoms with Crippen LogP contribution in [0.2, 0.25) is 0 Å². The predicted molar refractivity (Wildman–Crippen MR) is 94.5 cm³/mol. The molecule has 4 rings (SSSR count). The number of nitrogens with one attached hydrogen (secondary N) is 1. The Labute approximate surface area is 145 Å². The molecule has 0 spiro atoms. The molecular formula is C17H12N3O2S2+. The molecule has 0 atom stereocenters. The van der Waals surface area contributed by atoms with Crippen molar-refractivity contribution in [2.75, 3.05) is 0 Å². The van der Waals surface area contributed by atoms with E-state index >= 15 is 0 Å². The lowest BCUT2D eigenvalue weighted by Gasteiger charge is -2.00. The lowest BCUT2D eigenvalue weighted by Crippen LogP contribution is -2.17. The molecule has 0 unspecified atom stereocenters. The fourth-order valence-electron chi connectivity index (χ4n) is 2.46. The van der Waals surface area contributed by atoms with Gasteiger partial charge in [-0.25, -0.2) is 4.98 Å². The van der Waals surface area contributed by atoms with Gasteiger partial charge in [-0.15, -0.1) is 0 Å². The largest absolute Gasteiger partial charge is 0.344 e. The van der Waals surface area contributed by atoms with E-state index in [0.29, 0.717) is 0 Å². The molecule has 1 N–H and O–H groups in total. The van der Waals surface area contributed by atoms with Crippen molar-refractivity contribution in [2.24, 2.45) is 0 Å². The summed E-state index contributed by atoms with van der Waals surface area (Å²) in [6, 6.07) is 16.8. The summed E-state index contributed by atoms with van der Waals surface area (Å²) in [4.78, 5) is 15.9. The maximum atomic E-state index is 10.8. The molecule has 7 heteroatoms. The second kappa shape index (κ2) is 6.10. The molecule has 4 aromatic rings. The number of H-pyrrole nitrogens is 1. The molecule has 0 amide bonds.